The van der Waals surface area contributed by atoms with Crippen molar-refractivity contribution in [3.63, 3.8) is 0 Å². The van der Waals surface area contributed by atoms with E-state index in [0.717, 1.165) is 5.69 Å². The molecule has 0 aliphatic rings. The van der Waals surface area contributed by atoms with Crippen molar-refractivity contribution in [2.24, 2.45) is 5.92 Å². The molecule has 2 rings (SSSR count). The van der Waals surface area contributed by atoms with Crippen LogP contribution in [0, 0.1) is 5.92 Å². The second-order valence-corrected chi connectivity index (χ2v) is 6.46. The number of anilines is 2. The summed E-state index contributed by atoms with van der Waals surface area (Å²) in [4.78, 5) is 24.1. The summed E-state index contributed by atoms with van der Waals surface area (Å²) < 4.78 is 0. The number of hydrogen-bond acceptors (Lipinski definition) is 2. The summed E-state index contributed by atoms with van der Waals surface area (Å²) in [6, 6.07) is 14.8. The third kappa shape index (κ3) is 4.69. The molecule has 4 heteroatoms. The highest BCUT2D eigenvalue weighted by Gasteiger charge is 2.10. The molecule has 0 saturated heterocycles. The van der Waals surface area contributed by atoms with Crippen LogP contribution < -0.4 is 10.6 Å². The fourth-order valence-electron chi connectivity index (χ4n) is 2.18. The van der Waals surface area contributed by atoms with Crippen molar-refractivity contribution >= 4 is 23.2 Å². The Kier molecular flexibility index (Phi) is 5.74. The maximum Gasteiger partial charge on any atom is 0.255 e. The molecule has 126 valence electrons. The van der Waals surface area contributed by atoms with Crippen molar-refractivity contribution < 1.29 is 9.59 Å². The highest BCUT2D eigenvalue weighted by atomic mass is 16.2. The molecule has 0 radical (unpaired) electrons. The first-order valence-electron chi connectivity index (χ1n) is 8.19. The molecule has 0 heterocycles. The maximum absolute atomic E-state index is 12.4. The molecule has 2 aromatic rings. The van der Waals surface area contributed by atoms with Crippen LogP contribution in [0.15, 0.2) is 48.5 Å². The number of benzene rings is 2. The normalized spacial score (nSPS) is 10.8. The summed E-state index contributed by atoms with van der Waals surface area (Å²) in [5.41, 5.74) is 3.11. The molecule has 24 heavy (non-hydrogen) atoms. The summed E-state index contributed by atoms with van der Waals surface area (Å²) in [5, 5.41) is 5.68. The van der Waals surface area contributed by atoms with E-state index in [1.165, 1.54) is 5.56 Å². The van der Waals surface area contributed by atoms with E-state index < -0.39 is 0 Å². The molecule has 0 saturated carbocycles. The average Bonchev–Trinajstić information content (AvgIpc) is 2.55. The summed E-state index contributed by atoms with van der Waals surface area (Å²) in [7, 11) is 0. The zero-order valence-electron chi connectivity index (χ0n) is 14.6. The van der Waals surface area contributed by atoms with Gasteiger partial charge >= 0.3 is 0 Å². The molecule has 0 aromatic heterocycles. The van der Waals surface area contributed by atoms with Gasteiger partial charge in [0.2, 0.25) is 5.91 Å². The first-order valence-corrected chi connectivity index (χ1v) is 8.19. The summed E-state index contributed by atoms with van der Waals surface area (Å²) >= 11 is 0. The molecule has 4 nitrogen and oxygen atoms in total. The molecule has 2 amide bonds. The van der Waals surface area contributed by atoms with Crippen LogP contribution in [0.1, 0.15) is 49.5 Å². The molecular weight excluding hydrogens is 300 g/mol. The van der Waals surface area contributed by atoms with E-state index in [4.69, 9.17) is 0 Å². The highest BCUT2D eigenvalue weighted by molar-refractivity contribution is 6.05. The van der Waals surface area contributed by atoms with Gasteiger partial charge in [-0.05, 0) is 41.8 Å². The minimum absolute atomic E-state index is 0.0724. The molecule has 0 bridgehead atoms. The molecule has 0 aliphatic heterocycles. The number of rotatable bonds is 5. The van der Waals surface area contributed by atoms with Crippen molar-refractivity contribution in [1.82, 2.24) is 0 Å². The molecule has 2 aromatic carbocycles. The Balaban J connectivity index is 2.08. The van der Waals surface area contributed by atoms with Crippen molar-refractivity contribution in [3.05, 3.63) is 59.7 Å². The van der Waals surface area contributed by atoms with Gasteiger partial charge in [0.1, 0.15) is 0 Å². The lowest BCUT2D eigenvalue weighted by atomic mass is 10.0. The van der Waals surface area contributed by atoms with E-state index >= 15 is 0 Å². The van der Waals surface area contributed by atoms with Crippen LogP contribution in [0.4, 0.5) is 11.4 Å². The lowest BCUT2D eigenvalue weighted by Crippen LogP contribution is -2.18. The van der Waals surface area contributed by atoms with Gasteiger partial charge in [0.15, 0.2) is 0 Å². The summed E-state index contributed by atoms with van der Waals surface area (Å²) in [6.45, 7) is 7.91. The molecule has 0 aliphatic carbocycles. The molecular formula is C20H24N2O2. The molecule has 0 spiro atoms. The Morgan fingerprint density at radius 3 is 2.08 bits per heavy atom. The predicted octanol–water partition coefficient (Wildman–Crippen LogP) is 4.66. The molecule has 0 unspecified atom stereocenters. The van der Waals surface area contributed by atoms with Crippen molar-refractivity contribution in [3.8, 4) is 0 Å². The Hall–Kier alpha value is -2.62. The van der Waals surface area contributed by atoms with E-state index in [-0.39, 0.29) is 17.7 Å². The fraction of sp³-hybridized carbons (Fsp3) is 0.300. The van der Waals surface area contributed by atoms with Gasteiger partial charge in [0.05, 0.1) is 0 Å². The number of carbonyl (C=O) groups excluding carboxylic acids is 2. The Labute approximate surface area is 143 Å². The van der Waals surface area contributed by atoms with Crippen LogP contribution in [-0.2, 0) is 4.79 Å². The van der Waals surface area contributed by atoms with Crippen LogP contribution in [0.2, 0.25) is 0 Å². The van der Waals surface area contributed by atoms with Crippen LogP contribution in [0.3, 0.4) is 0 Å². The zero-order valence-corrected chi connectivity index (χ0v) is 14.6. The summed E-state index contributed by atoms with van der Waals surface area (Å²) in [6.07, 6.45) is 0. The zero-order chi connectivity index (χ0) is 17.7. The number of hydrogen-bond donors (Lipinski definition) is 2. The van der Waals surface area contributed by atoms with Gasteiger partial charge < -0.3 is 10.6 Å². The van der Waals surface area contributed by atoms with E-state index in [1.807, 2.05) is 38.1 Å². The molecule has 0 atom stereocenters. The monoisotopic (exact) mass is 324 g/mol. The minimum Gasteiger partial charge on any atom is -0.326 e. The van der Waals surface area contributed by atoms with E-state index in [2.05, 4.69) is 24.5 Å². The third-order valence-corrected chi connectivity index (χ3v) is 3.75. The van der Waals surface area contributed by atoms with Gasteiger partial charge in [-0.1, -0.05) is 45.9 Å². The topological polar surface area (TPSA) is 58.2 Å². The smallest absolute Gasteiger partial charge is 0.255 e. The van der Waals surface area contributed by atoms with E-state index in [0.29, 0.717) is 17.2 Å². The fourth-order valence-corrected chi connectivity index (χ4v) is 2.18. The molecule has 2 N–H and O–H groups in total. The van der Waals surface area contributed by atoms with Gasteiger partial charge in [0.25, 0.3) is 5.91 Å². The van der Waals surface area contributed by atoms with Crippen LogP contribution in [-0.4, -0.2) is 11.8 Å². The number of carbonyl (C=O) groups is 2. The van der Waals surface area contributed by atoms with E-state index in [1.54, 1.807) is 24.3 Å². The van der Waals surface area contributed by atoms with Crippen LogP contribution in [0.25, 0.3) is 0 Å². The van der Waals surface area contributed by atoms with Gasteiger partial charge in [-0.25, -0.2) is 0 Å². The first-order chi connectivity index (χ1) is 11.4. The standard InChI is InChI=1S/C20H24N2O2/c1-13(2)15-8-10-17(11-9-15)21-20(24)16-6-5-7-18(12-16)22-19(23)14(3)4/h5-14H,1-4H3,(H,21,24)(H,22,23). The average molecular weight is 324 g/mol. The summed E-state index contributed by atoms with van der Waals surface area (Å²) in [5.74, 6) is 0.0720. The maximum atomic E-state index is 12.4. The van der Waals surface area contributed by atoms with E-state index in [9.17, 15) is 9.59 Å². The van der Waals surface area contributed by atoms with Crippen molar-refractivity contribution in [2.75, 3.05) is 10.6 Å². The van der Waals surface area contributed by atoms with Gasteiger partial charge in [-0.15, -0.1) is 0 Å². The highest BCUT2D eigenvalue weighted by Crippen LogP contribution is 2.18. The van der Waals surface area contributed by atoms with Gasteiger partial charge in [0, 0.05) is 22.9 Å². The third-order valence-electron chi connectivity index (χ3n) is 3.75. The lowest BCUT2D eigenvalue weighted by molar-refractivity contribution is -0.118. The minimum atomic E-state index is -0.201. The number of nitrogens with one attached hydrogen (secondary N) is 2. The Morgan fingerprint density at radius 2 is 1.50 bits per heavy atom. The SMILES string of the molecule is CC(C)C(=O)Nc1cccc(C(=O)Nc2ccc(C(C)C)cc2)c1. The van der Waals surface area contributed by atoms with Crippen molar-refractivity contribution in [2.45, 2.75) is 33.6 Å². The van der Waals surface area contributed by atoms with Gasteiger partial charge in [-0.3, -0.25) is 9.59 Å². The quantitative estimate of drug-likeness (QED) is 0.840. The van der Waals surface area contributed by atoms with Crippen LogP contribution in [0.5, 0.6) is 0 Å². The van der Waals surface area contributed by atoms with Gasteiger partial charge in [-0.2, -0.15) is 0 Å². The second-order valence-electron chi connectivity index (χ2n) is 6.46. The predicted molar refractivity (Wildman–Crippen MR) is 98.4 cm³/mol. The number of amides is 2. The van der Waals surface area contributed by atoms with Crippen molar-refractivity contribution in [1.29, 1.82) is 0 Å². The Bertz CT molecular complexity index is 719. The second kappa shape index (κ2) is 7.77. The Morgan fingerprint density at radius 1 is 0.833 bits per heavy atom. The van der Waals surface area contributed by atoms with Crippen LogP contribution >= 0.6 is 0 Å². The molecule has 0 fully saturated rings. The lowest BCUT2D eigenvalue weighted by Gasteiger charge is -2.10. The first kappa shape index (κ1) is 17.7. The largest absolute Gasteiger partial charge is 0.326 e.